The summed E-state index contributed by atoms with van der Waals surface area (Å²) in [7, 11) is 0. The van der Waals surface area contributed by atoms with Crippen LogP contribution in [0.3, 0.4) is 0 Å². The molecule has 7 nitrogen and oxygen atoms in total. The highest BCUT2D eigenvalue weighted by atomic mass is 35.5. The Bertz CT molecular complexity index is 713. The molecule has 0 unspecified atom stereocenters. The number of amides is 2. The van der Waals surface area contributed by atoms with E-state index in [2.05, 4.69) is 20.8 Å². The first kappa shape index (κ1) is 18.9. The summed E-state index contributed by atoms with van der Waals surface area (Å²) in [4.78, 5) is 27.8. The van der Waals surface area contributed by atoms with E-state index in [9.17, 15) is 9.59 Å². The fourth-order valence-corrected chi connectivity index (χ4v) is 2.14. The Labute approximate surface area is 151 Å². The van der Waals surface area contributed by atoms with Crippen molar-refractivity contribution in [3.8, 4) is 0 Å². The molecule has 0 radical (unpaired) electrons. The molecule has 0 bridgehead atoms. The van der Waals surface area contributed by atoms with Gasteiger partial charge in [0.25, 0.3) is 0 Å². The Morgan fingerprint density at radius 3 is 2.56 bits per heavy atom. The maximum Gasteiger partial charge on any atom is 0.243 e. The van der Waals surface area contributed by atoms with Crippen LogP contribution in [-0.2, 0) is 16.0 Å². The van der Waals surface area contributed by atoms with Crippen LogP contribution in [0.5, 0.6) is 0 Å². The summed E-state index contributed by atoms with van der Waals surface area (Å²) in [5, 5.41) is 9.72. The Balaban J connectivity index is 1.64. The molecule has 0 aliphatic heterocycles. The van der Waals surface area contributed by atoms with Gasteiger partial charge < -0.3 is 15.2 Å². The van der Waals surface area contributed by atoms with Gasteiger partial charge in [0, 0.05) is 29.5 Å². The van der Waals surface area contributed by atoms with Crippen LogP contribution in [0.2, 0.25) is 5.02 Å². The number of anilines is 1. The largest absolute Gasteiger partial charge is 0.347 e. The normalized spacial score (nSPS) is 10.7. The second-order valence-corrected chi connectivity index (χ2v) is 6.32. The molecule has 0 saturated carbocycles. The molecule has 2 rings (SSSR count). The van der Waals surface area contributed by atoms with E-state index in [4.69, 9.17) is 16.1 Å². The molecule has 0 atom stereocenters. The van der Waals surface area contributed by atoms with Gasteiger partial charge in [0.05, 0.1) is 6.54 Å². The van der Waals surface area contributed by atoms with Crippen LogP contribution in [0.1, 0.15) is 44.3 Å². The zero-order chi connectivity index (χ0) is 18.2. The molecule has 2 aromatic rings. The third kappa shape index (κ3) is 6.54. The fourth-order valence-electron chi connectivity index (χ4n) is 2.01. The SMILES string of the molecule is CC(C)c1noc(CCCC(=O)NCC(=O)Nc2ccc(Cl)cc2)n1. The number of hydrogen-bond donors (Lipinski definition) is 2. The van der Waals surface area contributed by atoms with Crippen LogP contribution in [0.15, 0.2) is 28.8 Å². The molecule has 1 aromatic heterocycles. The van der Waals surface area contributed by atoms with Crippen molar-refractivity contribution >= 4 is 29.1 Å². The first-order valence-electron chi connectivity index (χ1n) is 8.08. The van der Waals surface area contributed by atoms with Gasteiger partial charge in [0.2, 0.25) is 17.7 Å². The number of aryl methyl sites for hydroxylation is 1. The highest BCUT2D eigenvalue weighted by Gasteiger charge is 2.11. The number of carbonyl (C=O) groups excluding carboxylic acids is 2. The summed E-state index contributed by atoms with van der Waals surface area (Å²) in [6.07, 6.45) is 1.39. The lowest BCUT2D eigenvalue weighted by atomic mass is 10.2. The zero-order valence-corrected chi connectivity index (χ0v) is 15.0. The van der Waals surface area contributed by atoms with Crippen molar-refractivity contribution in [3.63, 3.8) is 0 Å². The summed E-state index contributed by atoms with van der Waals surface area (Å²) >= 11 is 5.78. The summed E-state index contributed by atoms with van der Waals surface area (Å²) < 4.78 is 5.11. The predicted molar refractivity (Wildman–Crippen MR) is 94.4 cm³/mol. The van der Waals surface area contributed by atoms with E-state index in [-0.39, 0.29) is 30.7 Å². The van der Waals surface area contributed by atoms with Crippen molar-refractivity contribution in [3.05, 3.63) is 41.0 Å². The van der Waals surface area contributed by atoms with Gasteiger partial charge in [-0.05, 0) is 30.7 Å². The Morgan fingerprint density at radius 1 is 1.20 bits per heavy atom. The van der Waals surface area contributed by atoms with Crippen LogP contribution >= 0.6 is 11.6 Å². The third-order valence-electron chi connectivity index (χ3n) is 3.37. The van der Waals surface area contributed by atoms with Crippen LogP contribution in [0.25, 0.3) is 0 Å². The summed E-state index contributed by atoms with van der Waals surface area (Å²) in [6.45, 7) is 3.88. The highest BCUT2D eigenvalue weighted by Crippen LogP contribution is 2.13. The third-order valence-corrected chi connectivity index (χ3v) is 3.62. The minimum Gasteiger partial charge on any atom is -0.347 e. The predicted octanol–water partition coefficient (Wildman–Crippen LogP) is 2.92. The van der Waals surface area contributed by atoms with Gasteiger partial charge in [0.1, 0.15) is 0 Å². The molecular formula is C17H21ClN4O3. The number of benzene rings is 1. The van der Waals surface area contributed by atoms with Crippen LogP contribution in [0, 0.1) is 0 Å². The van der Waals surface area contributed by atoms with E-state index in [0.717, 1.165) is 0 Å². The van der Waals surface area contributed by atoms with Crippen molar-refractivity contribution in [1.82, 2.24) is 15.5 Å². The smallest absolute Gasteiger partial charge is 0.243 e. The molecule has 2 amide bonds. The molecule has 2 N–H and O–H groups in total. The van der Waals surface area contributed by atoms with Gasteiger partial charge in [-0.1, -0.05) is 30.6 Å². The molecule has 25 heavy (non-hydrogen) atoms. The van der Waals surface area contributed by atoms with Gasteiger partial charge in [-0.15, -0.1) is 0 Å². The average molecular weight is 365 g/mol. The summed E-state index contributed by atoms with van der Waals surface area (Å²) in [5.41, 5.74) is 0.626. The van der Waals surface area contributed by atoms with Gasteiger partial charge in [-0.25, -0.2) is 0 Å². The second kappa shape index (κ2) is 9.17. The van der Waals surface area contributed by atoms with E-state index < -0.39 is 0 Å². The molecule has 134 valence electrons. The van der Waals surface area contributed by atoms with Crippen molar-refractivity contribution in [2.45, 2.75) is 39.0 Å². The Kier molecular flexibility index (Phi) is 6.94. The van der Waals surface area contributed by atoms with Crippen LogP contribution < -0.4 is 10.6 Å². The minimum atomic E-state index is -0.297. The summed E-state index contributed by atoms with van der Waals surface area (Å²) in [6, 6.07) is 6.74. The minimum absolute atomic E-state index is 0.0838. The molecule has 8 heteroatoms. The Morgan fingerprint density at radius 2 is 1.92 bits per heavy atom. The summed E-state index contributed by atoms with van der Waals surface area (Å²) in [5.74, 6) is 0.902. The maximum absolute atomic E-state index is 11.8. The van der Waals surface area contributed by atoms with Crippen molar-refractivity contribution < 1.29 is 14.1 Å². The molecular weight excluding hydrogens is 344 g/mol. The number of carbonyl (C=O) groups is 2. The van der Waals surface area contributed by atoms with Gasteiger partial charge in [-0.3, -0.25) is 9.59 Å². The Hall–Kier alpha value is -2.41. The van der Waals surface area contributed by atoms with E-state index in [0.29, 0.717) is 35.3 Å². The first-order chi connectivity index (χ1) is 11.9. The number of rotatable bonds is 8. The van der Waals surface area contributed by atoms with E-state index in [1.54, 1.807) is 24.3 Å². The molecule has 1 aromatic carbocycles. The zero-order valence-electron chi connectivity index (χ0n) is 14.2. The van der Waals surface area contributed by atoms with E-state index in [1.807, 2.05) is 13.8 Å². The van der Waals surface area contributed by atoms with Gasteiger partial charge in [-0.2, -0.15) is 4.98 Å². The molecule has 0 saturated heterocycles. The molecule has 0 aliphatic carbocycles. The van der Waals surface area contributed by atoms with Crippen molar-refractivity contribution in [1.29, 1.82) is 0 Å². The lowest BCUT2D eigenvalue weighted by Gasteiger charge is -2.06. The lowest BCUT2D eigenvalue weighted by molar-refractivity contribution is -0.124. The number of aromatic nitrogens is 2. The first-order valence-corrected chi connectivity index (χ1v) is 8.46. The molecule has 0 aliphatic rings. The molecule has 0 fully saturated rings. The van der Waals surface area contributed by atoms with Gasteiger partial charge in [0.15, 0.2) is 5.82 Å². The molecule has 1 heterocycles. The van der Waals surface area contributed by atoms with Gasteiger partial charge >= 0.3 is 0 Å². The number of nitrogens with one attached hydrogen (secondary N) is 2. The van der Waals surface area contributed by atoms with E-state index in [1.165, 1.54) is 0 Å². The standard InChI is InChI=1S/C17H21ClN4O3/c1-11(2)17-21-16(25-22-17)5-3-4-14(23)19-10-15(24)20-13-8-6-12(18)7-9-13/h6-9,11H,3-5,10H2,1-2H3,(H,19,23)(H,20,24). The monoisotopic (exact) mass is 364 g/mol. The van der Waals surface area contributed by atoms with Crippen LogP contribution in [0.4, 0.5) is 5.69 Å². The quantitative estimate of drug-likeness (QED) is 0.750. The topological polar surface area (TPSA) is 97.1 Å². The average Bonchev–Trinajstić information content (AvgIpc) is 3.04. The van der Waals surface area contributed by atoms with Crippen LogP contribution in [-0.4, -0.2) is 28.5 Å². The van der Waals surface area contributed by atoms with Crippen molar-refractivity contribution in [2.75, 3.05) is 11.9 Å². The fraction of sp³-hybridized carbons (Fsp3) is 0.412. The number of halogens is 1. The second-order valence-electron chi connectivity index (χ2n) is 5.89. The maximum atomic E-state index is 11.8. The lowest BCUT2D eigenvalue weighted by Crippen LogP contribution is -2.32. The van der Waals surface area contributed by atoms with Crippen molar-refractivity contribution in [2.24, 2.45) is 0 Å². The number of nitrogens with zero attached hydrogens (tertiary/aromatic N) is 2. The van der Waals surface area contributed by atoms with E-state index >= 15 is 0 Å². The molecule has 0 spiro atoms. The highest BCUT2D eigenvalue weighted by molar-refractivity contribution is 6.30. The number of hydrogen-bond acceptors (Lipinski definition) is 5.